The van der Waals surface area contributed by atoms with Crippen molar-refractivity contribution in [3.8, 4) is 0 Å². The molecule has 4 nitrogen and oxygen atoms in total. The summed E-state index contributed by atoms with van der Waals surface area (Å²) >= 11 is 0. The van der Waals surface area contributed by atoms with Crippen LogP contribution in [0.1, 0.15) is 57.8 Å². The van der Waals surface area contributed by atoms with E-state index >= 15 is 0 Å². The van der Waals surface area contributed by atoms with E-state index in [0.717, 1.165) is 50.2 Å². The van der Waals surface area contributed by atoms with E-state index in [1.165, 1.54) is 44.9 Å². The number of likely N-dealkylation sites (tertiary alicyclic amines) is 1. The molecule has 23 heavy (non-hydrogen) atoms. The molecule has 2 N–H and O–H groups in total. The molecule has 1 aliphatic heterocycles. The number of carbonyl (C=O) groups is 1. The number of nitrogens with zero attached hydrogens (tertiary/aromatic N) is 1. The van der Waals surface area contributed by atoms with Crippen LogP contribution >= 0.6 is 0 Å². The fourth-order valence-corrected chi connectivity index (χ4v) is 6.54. The van der Waals surface area contributed by atoms with Crippen molar-refractivity contribution < 1.29 is 9.90 Å². The van der Waals surface area contributed by atoms with Gasteiger partial charge in [-0.2, -0.15) is 0 Å². The Kier molecular flexibility index (Phi) is 4.29. The van der Waals surface area contributed by atoms with Gasteiger partial charge in [0, 0.05) is 26.2 Å². The van der Waals surface area contributed by atoms with Crippen LogP contribution in [0.3, 0.4) is 0 Å². The maximum Gasteiger partial charge on any atom is 0.317 e. The Morgan fingerprint density at radius 3 is 2.39 bits per heavy atom. The van der Waals surface area contributed by atoms with Gasteiger partial charge in [-0.15, -0.1) is 0 Å². The number of urea groups is 1. The minimum Gasteiger partial charge on any atom is -0.396 e. The van der Waals surface area contributed by atoms with Gasteiger partial charge in [-0.3, -0.25) is 0 Å². The van der Waals surface area contributed by atoms with Crippen molar-refractivity contribution in [1.82, 2.24) is 10.2 Å². The summed E-state index contributed by atoms with van der Waals surface area (Å²) in [4.78, 5) is 14.3. The van der Waals surface area contributed by atoms with Gasteiger partial charge in [-0.25, -0.2) is 4.79 Å². The number of amides is 2. The van der Waals surface area contributed by atoms with Crippen molar-refractivity contribution in [3.63, 3.8) is 0 Å². The molecule has 130 valence electrons. The van der Waals surface area contributed by atoms with Crippen molar-refractivity contribution in [3.05, 3.63) is 0 Å². The van der Waals surface area contributed by atoms with Gasteiger partial charge in [0.05, 0.1) is 0 Å². The summed E-state index contributed by atoms with van der Waals surface area (Å²) in [7, 11) is 0. The highest BCUT2D eigenvalue weighted by molar-refractivity contribution is 5.74. The van der Waals surface area contributed by atoms with Crippen LogP contribution in [0.15, 0.2) is 0 Å². The summed E-state index contributed by atoms with van der Waals surface area (Å²) in [5.41, 5.74) is 0.553. The van der Waals surface area contributed by atoms with Crippen molar-refractivity contribution in [2.75, 3.05) is 26.2 Å². The van der Waals surface area contributed by atoms with Crippen LogP contribution in [0.25, 0.3) is 0 Å². The lowest BCUT2D eigenvalue weighted by Crippen LogP contribution is -2.49. The summed E-state index contributed by atoms with van der Waals surface area (Å²) < 4.78 is 0. The van der Waals surface area contributed by atoms with Crippen LogP contribution in [0.4, 0.5) is 4.79 Å². The van der Waals surface area contributed by atoms with Crippen LogP contribution in [-0.2, 0) is 0 Å². The third kappa shape index (κ3) is 3.24. The molecule has 5 fully saturated rings. The highest BCUT2D eigenvalue weighted by atomic mass is 16.3. The molecule has 2 amide bonds. The second-order valence-corrected chi connectivity index (χ2v) is 9.04. The average molecular weight is 320 g/mol. The lowest BCUT2D eigenvalue weighted by molar-refractivity contribution is -0.0564. The Morgan fingerprint density at radius 1 is 1.13 bits per heavy atom. The average Bonchev–Trinajstić information content (AvgIpc) is 2.53. The second-order valence-electron chi connectivity index (χ2n) is 9.04. The maximum atomic E-state index is 12.4. The number of carbonyl (C=O) groups excluding carboxylic acids is 1. The first-order valence-electron chi connectivity index (χ1n) is 9.79. The standard InChI is InChI=1S/C19H32N2O2/c22-13-14-2-1-5-21(12-14)18(23)20-4-3-19-9-15-6-16(10-19)8-17(7-15)11-19/h14-17,22H,1-13H2,(H,20,23). The molecule has 0 aromatic heterocycles. The van der Waals surface area contributed by atoms with E-state index in [-0.39, 0.29) is 18.6 Å². The molecule has 1 atom stereocenters. The molecule has 1 unspecified atom stereocenters. The Bertz CT molecular complexity index is 415. The van der Waals surface area contributed by atoms with Gasteiger partial charge in [0.25, 0.3) is 0 Å². The lowest BCUT2D eigenvalue weighted by Gasteiger charge is -2.57. The predicted molar refractivity (Wildman–Crippen MR) is 90.0 cm³/mol. The van der Waals surface area contributed by atoms with Gasteiger partial charge >= 0.3 is 6.03 Å². The highest BCUT2D eigenvalue weighted by Gasteiger charge is 2.50. The highest BCUT2D eigenvalue weighted by Crippen LogP contribution is 2.61. The van der Waals surface area contributed by atoms with Crippen molar-refractivity contribution >= 4 is 6.03 Å². The van der Waals surface area contributed by atoms with E-state index in [0.29, 0.717) is 5.41 Å². The van der Waals surface area contributed by atoms with Crippen LogP contribution in [0.2, 0.25) is 0 Å². The Morgan fingerprint density at radius 2 is 1.78 bits per heavy atom. The summed E-state index contributed by atoms with van der Waals surface area (Å²) in [6.07, 6.45) is 12.0. The van der Waals surface area contributed by atoms with Gasteiger partial charge < -0.3 is 15.3 Å². The van der Waals surface area contributed by atoms with E-state index in [1.807, 2.05) is 4.90 Å². The van der Waals surface area contributed by atoms with Crippen molar-refractivity contribution in [1.29, 1.82) is 0 Å². The maximum absolute atomic E-state index is 12.4. The lowest BCUT2D eigenvalue weighted by atomic mass is 9.49. The molecule has 4 bridgehead atoms. The molecule has 4 aliphatic carbocycles. The number of hydrogen-bond donors (Lipinski definition) is 2. The Labute approximate surface area is 140 Å². The summed E-state index contributed by atoms with van der Waals surface area (Å²) in [6, 6.07) is 0.0906. The second kappa shape index (κ2) is 6.27. The first-order chi connectivity index (χ1) is 11.2. The van der Waals surface area contributed by atoms with Gasteiger partial charge in [-0.1, -0.05) is 0 Å². The van der Waals surface area contributed by atoms with Crippen molar-refractivity contribution in [2.24, 2.45) is 29.1 Å². The van der Waals surface area contributed by atoms with E-state index in [1.54, 1.807) is 0 Å². The number of aliphatic hydroxyl groups is 1. The SMILES string of the molecule is O=C(NCCC12CC3CC(CC(C3)C1)C2)N1CCCC(CO)C1. The minimum absolute atomic E-state index is 0.0906. The molecule has 0 aromatic rings. The summed E-state index contributed by atoms with van der Waals surface area (Å²) in [5.74, 6) is 3.25. The number of aliphatic hydroxyl groups excluding tert-OH is 1. The van der Waals surface area contributed by atoms with Crippen LogP contribution in [0.5, 0.6) is 0 Å². The van der Waals surface area contributed by atoms with Crippen molar-refractivity contribution in [2.45, 2.75) is 57.8 Å². The molecule has 0 spiro atoms. The third-order valence-electron chi connectivity index (χ3n) is 7.16. The molecule has 0 radical (unpaired) electrons. The fourth-order valence-electron chi connectivity index (χ4n) is 6.54. The summed E-state index contributed by atoms with van der Waals surface area (Å²) in [5, 5.41) is 12.5. The third-order valence-corrected chi connectivity index (χ3v) is 7.16. The summed E-state index contributed by atoms with van der Waals surface area (Å²) in [6.45, 7) is 2.61. The van der Waals surface area contributed by atoms with E-state index in [2.05, 4.69) is 5.32 Å². The molecule has 5 aliphatic rings. The molecule has 1 saturated heterocycles. The Hall–Kier alpha value is -0.770. The van der Waals surface area contributed by atoms with Gasteiger partial charge in [-0.05, 0) is 86.9 Å². The molecule has 4 heteroatoms. The number of piperidine rings is 1. The zero-order valence-corrected chi connectivity index (χ0v) is 14.3. The molecular weight excluding hydrogens is 288 g/mol. The van der Waals surface area contributed by atoms with Gasteiger partial charge in [0.1, 0.15) is 0 Å². The zero-order valence-electron chi connectivity index (χ0n) is 14.3. The molecular formula is C19H32N2O2. The van der Waals surface area contributed by atoms with Gasteiger partial charge in [0.15, 0.2) is 0 Å². The van der Waals surface area contributed by atoms with Crippen LogP contribution < -0.4 is 5.32 Å². The molecule has 0 aromatic carbocycles. The zero-order chi connectivity index (χ0) is 15.9. The number of nitrogens with one attached hydrogen (secondary N) is 1. The van der Waals surface area contributed by atoms with Crippen LogP contribution in [0, 0.1) is 29.1 Å². The first kappa shape index (κ1) is 15.7. The number of rotatable bonds is 4. The van der Waals surface area contributed by atoms with Crippen LogP contribution in [-0.4, -0.2) is 42.3 Å². The smallest absolute Gasteiger partial charge is 0.317 e. The van der Waals surface area contributed by atoms with E-state index in [4.69, 9.17) is 0 Å². The van der Waals surface area contributed by atoms with Gasteiger partial charge in [0.2, 0.25) is 0 Å². The van der Waals surface area contributed by atoms with E-state index in [9.17, 15) is 9.90 Å². The minimum atomic E-state index is 0.0906. The Balaban J connectivity index is 1.26. The predicted octanol–water partition coefficient (Wildman–Crippen LogP) is 3.01. The topological polar surface area (TPSA) is 52.6 Å². The molecule has 1 heterocycles. The van der Waals surface area contributed by atoms with E-state index < -0.39 is 0 Å². The first-order valence-corrected chi connectivity index (χ1v) is 9.79. The quantitative estimate of drug-likeness (QED) is 0.836. The normalized spacial score (nSPS) is 42.0. The fraction of sp³-hybridized carbons (Fsp3) is 0.947. The molecule has 5 rings (SSSR count). The number of hydrogen-bond acceptors (Lipinski definition) is 2. The molecule has 4 saturated carbocycles. The largest absolute Gasteiger partial charge is 0.396 e. The monoisotopic (exact) mass is 320 g/mol.